The van der Waals surface area contributed by atoms with Gasteiger partial charge in [-0.25, -0.2) is 0 Å². The molecule has 3 heteroatoms. The molecule has 0 aromatic heterocycles. The third-order valence-corrected chi connectivity index (χ3v) is 2.86. The maximum Gasteiger partial charge on any atom is 0.0994 e. The van der Waals surface area contributed by atoms with Crippen LogP contribution in [0.4, 0.5) is 0 Å². The van der Waals surface area contributed by atoms with Crippen molar-refractivity contribution in [1.29, 1.82) is 5.26 Å². The molecule has 1 aliphatic rings. The van der Waals surface area contributed by atoms with Crippen LogP contribution in [0.1, 0.15) is 29.2 Å². The second-order valence-electron chi connectivity index (χ2n) is 3.21. The molecule has 0 radical (unpaired) electrons. The highest BCUT2D eigenvalue weighted by molar-refractivity contribution is 7.78. The van der Waals surface area contributed by atoms with Crippen LogP contribution in [0, 0.1) is 11.3 Å². The SMILES string of the molecule is N#Cc1cccc2c1CCC2NS. The van der Waals surface area contributed by atoms with Crippen LogP contribution in [0.25, 0.3) is 0 Å². The maximum atomic E-state index is 8.87. The van der Waals surface area contributed by atoms with E-state index in [1.165, 1.54) is 11.1 Å². The van der Waals surface area contributed by atoms with E-state index in [1.807, 2.05) is 12.1 Å². The molecule has 0 bridgehead atoms. The lowest BCUT2D eigenvalue weighted by Crippen LogP contribution is -2.06. The number of nitrogens with one attached hydrogen (secondary N) is 1. The summed E-state index contributed by atoms with van der Waals surface area (Å²) in [6.07, 6.45) is 2.02. The number of rotatable bonds is 1. The zero-order valence-electron chi connectivity index (χ0n) is 7.12. The normalized spacial score (nSPS) is 19.5. The number of hydrogen-bond donors (Lipinski definition) is 2. The van der Waals surface area contributed by atoms with Gasteiger partial charge in [-0.05, 0) is 30.0 Å². The first-order valence-corrected chi connectivity index (χ1v) is 4.73. The number of nitrogens with zero attached hydrogens (tertiary/aromatic N) is 1. The second kappa shape index (κ2) is 3.41. The maximum absolute atomic E-state index is 8.87. The lowest BCUT2D eigenvalue weighted by atomic mass is 10.0. The molecule has 1 aliphatic carbocycles. The number of nitriles is 1. The predicted octanol–water partition coefficient (Wildman–Crippen LogP) is 1.98. The van der Waals surface area contributed by atoms with Gasteiger partial charge < -0.3 is 0 Å². The van der Waals surface area contributed by atoms with E-state index in [0.717, 1.165) is 18.4 Å². The molecule has 1 aromatic rings. The van der Waals surface area contributed by atoms with Gasteiger partial charge in [-0.2, -0.15) is 5.26 Å². The van der Waals surface area contributed by atoms with Gasteiger partial charge in [0.1, 0.15) is 0 Å². The molecule has 0 heterocycles. The minimum atomic E-state index is 0.312. The Labute approximate surface area is 83.1 Å². The number of fused-ring (bicyclic) bond motifs is 1. The zero-order valence-corrected chi connectivity index (χ0v) is 8.01. The highest BCUT2D eigenvalue weighted by atomic mass is 32.1. The largest absolute Gasteiger partial charge is 0.259 e. The van der Waals surface area contributed by atoms with Crippen LogP contribution >= 0.6 is 12.8 Å². The molecule has 0 saturated carbocycles. The van der Waals surface area contributed by atoms with Crippen LogP contribution in [0.15, 0.2) is 18.2 Å². The van der Waals surface area contributed by atoms with Gasteiger partial charge in [-0.15, -0.1) is 0 Å². The van der Waals surface area contributed by atoms with E-state index >= 15 is 0 Å². The third kappa shape index (κ3) is 1.32. The summed E-state index contributed by atoms with van der Waals surface area (Å²) < 4.78 is 2.96. The third-order valence-electron chi connectivity index (χ3n) is 2.55. The molecule has 0 fully saturated rings. The van der Waals surface area contributed by atoms with Gasteiger partial charge in [0.05, 0.1) is 11.6 Å². The van der Waals surface area contributed by atoms with Crippen LogP contribution in [-0.4, -0.2) is 0 Å². The molecule has 66 valence electrons. The smallest absolute Gasteiger partial charge is 0.0994 e. The highest BCUT2D eigenvalue weighted by Crippen LogP contribution is 2.33. The van der Waals surface area contributed by atoms with Crippen LogP contribution in [0.2, 0.25) is 0 Å². The quantitative estimate of drug-likeness (QED) is 0.664. The zero-order chi connectivity index (χ0) is 9.26. The summed E-state index contributed by atoms with van der Waals surface area (Å²) in [5.41, 5.74) is 3.23. The average molecular weight is 190 g/mol. The molecule has 2 rings (SSSR count). The molecule has 1 unspecified atom stereocenters. The minimum Gasteiger partial charge on any atom is -0.259 e. The summed E-state index contributed by atoms with van der Waals surface area (Å²) in [5.74, 6) is 0. The Hall–Kier alpha value is -0.980. The van der Waals surface area contributed by atoms with E-state index in [4.69, 9.17) is 5.26 Å². The van der Waals surface area contributed by atoms with Gasteiger partial charge in [-0.3, -0.25) is 4.72 Å². The van der Waals surface area contributed by atoms with E-state index < -0.39 is 0 Å². The lowest BCUT2D eigenvalue weighted by Gasteiger charge is -2.08. The Morgan fingerprint density at radius 1 is 1.54 bits per heavy atom. The topological polar surface area (TPSA) is 35.8 Å². The summed E-state index contributed by atoms with van der Waals surface area (Å²) in [6.45, 7) is 0. The van der Waals surface area contributed by atoms with Crippen molar-refractivity contribution in [2.45, 2.75) is 18.9 Å². The highest BCUT2D eigenvalue weighted by Gasteiger charge is 2.22. The molecule has 1 atom stereocenters. The fourth-order valence-corrected chi connectivity index (χ4v) is 2.16. The van der Waals surface area contributed by atoms with Crippen LogP contribution < -0.4 is 4.72 Å². The molecule has 2 nitrogen and oxygen atoms in total. The predicted molar refractivity (Wildman–Crippen MR) is 54.3 cm³/mol. The van der Waals surface area contributed by atoms with Crippen molar-refractivity contribution in [3.8, 4) is 6.07 Å². The van der Waals surface area contributed by atoms with Crippen molar-refractivity contribution in [2.75, 3.05) is 0 Å². The van der Waals surface area contributed by atoms with Gasteiger partial charge in [-0.1, -0.05) is 24.9 Å². The second-order valence-corrected chi connectivity index (χ2v) is 3.46. The molecule has 0 saturated heterocycles. The summed E-state index contributed by atoms with van der Waals surface area (Å²) in [5, 5.41) is 8.87. The standard InChI is InChI=1S/C10H10N2S/c11-6-7-2-1-3-9-8(7)4-5-10(9)12-13/h1-3,10,12-13H,4-5H2. The number of benzene rings is 1. The lowest BCUT2D eigenvalue weighted by molar-refractivity contribution is 0.670. The number of hydrogen-bond acceptors (Lipinski definition) is 3. The van der Waals surface area contributed by atoms with E-state index in [2.05, 4.69) is 29.7 Å². The van der Waals surface area contributed by atoms with Gasteiger partial charge >= 0.3 is 0 Å². The molecule has 0 aliphatic heterocycles. The van der Waals surface area contributed by atoms with E-state index in [1.54, 1.807) is 0 Å². The van der Waals surface area contributed by atoms with E-state index in [0.29, 0.717) is 6.04 Å². The van der Waals surface area contributed by atoms with Crippen molar-refractivity contribution < 1.29 is 0 Å². The average Bonchev–Trinajstić information content (AvgIpc) is 2.60. The van der Waals surface area contributed by atoms with Crippen LogP contribution in [0.3, 0.4) is 0 Å². The number of thiol groups is 1. The fourth-order valence-electron chi connectivity index (χ4n) is 1.89. The molecule has 0 spiro atoms. The van der Waals surface area contributed by atoms with E-state index in [9.17, 15) is 0 Å². The first-order valence-electron chi connectivity index (χ1n) is 4.28. The van der Waals surface area contributed by atoms with Crippen molar-refractivity contribution in [2.24, 2.45) is 0 Å². The van der Waals surface area contributed by atoms with Gasteiger partial charge in [0, 0.05) is 6.04 Å². The Balaban J connectivity index is 2.50. The van der Waals surface area contributed by atoms with Crippen LogP contribution in [-0.2, 0) is 6.42 Å². The Morgan fingerprint density at radius 2 is 2.38 bits per heavy atom. The first-order chi connectivity index (χ1) is 6.36. The Bertz CT molecular complexity index is 368. The van der Waals surface area contributed by atoms with Crippen LogP contribution in [0.5, 0.6) is 0 Å². The Kier molecular flexibility index (Phi) is 2.26. The molecule has 0 amide bonds. The van der Waals surface area contributed by atoms with E-state index in [-0.39, 0.29) is 0 Å². The Morgan fingerprint density at radius 3 is 3.08 bits per heavy atom. The molecule has 1 aromatic carbocycles. The van der Waals surface area contributed by atoms with Crippen molar-refractivity contribution in [1.82, 2.24) is 4.72 Å². The molecular formula is C10H10N2S. The molecule has 1 N–H and O–H groups in total. The van der Waals surface area contributed by atoms with Gasteiger partial charge in [0.2, 0.25) is 0 Å². The summed E-state index contributed by atoms with van der Waals surface area (Å²) in [7, 11) is 0. The summed E-state index contributed by atoms with van der Waals surface area (Å²) >= 11 is 4.07. The minimum absolute atomic E-state index is 0.312. The molecular weight excluding hydrogens is 180 g/mol. The first kappa shape index (κ1) is 8.61. The summed E-state index contributed by atoms with van der Waals surface area (Å²) in [6, 6.07) is 8.40. The molecule has 13 heavy (non-hydrogen) atoms. The van der Waals surface area contributed by atoms with Gasteiger partial charge in [0.15, 0.2) is 0 Å². The fraction of sp³-hybridized carbons (Fsp3) is 0.300. The monoisotopic (exact) mass is 190 g/mol. The van der Waals surface area contributed by atoms with Crippen molar-refractivity contribution in [3.05, 3.63) is 34.9 Å². The van der Waals surface area contributed by atoms with Crippen molar-refractivity contribution >= 4 is 12.8 Å². The van der Waals surface area contributed by atoms with Crippen molar-refractivity contribution in [3.63, 3.8) is 0 Å². The summed E-state index contributed by atoms with van der Waals surface area (Å²) in [4.78, 5) is 0. The van der Waals surface area contributed by atoms with Gasteiger partial charge in [0.25, 0.3) is 0 Å².